The van der Waals surface area contributed by atoms with Gasteiger partial charge in [-0.3, -0.25) is 4.79 Å². The molecular formula is C15H23NO3S. The third-order valence-corrected chi connectivity index (χ3v) is 4.51. The molecule has 0 unspecified atom stereocenters. The minimum absolute atomic E-state index is 0.197. The second-order valence-electron chi connectivity index (χ2n) is 5.10. The molecule has 0 saturated heterocycles. The van der Waals surface area contributed by atoms with Crippen LogP contribution < -0.4 is 5.32 Å². The Morgan fingerprint density at radius 2 is 1.50 bits per heavy atom. The lowest BCUT2D eigenvalue weighted by molar-refractivity contribution is -0.114. The molecule has 0 bridgehead atoms. The Balaban J connectivity index is 0.000000276. The number of carbonyl (C=O) groups excluding carboxylic acids is 1. The van der Waals surface area contributed by atoms with Crippen LogP contribution in [0, 0.1) is 13.8 Å². The van der Waals surface area contributed by atoms with E-state index in [1.165, 1.54) is 56.8 Å². The number of carbonyl (C=O) groups is 2. The highest BCUT2D eigenvalue weighted by Crippen LogP contribution is 2.32. The molecule has 4 nitrogen and oxygen atoms in total. The molecule has 5 heteroatoms. The van der Waals surface area contributed by atoms with E-state index < -0.39 is 5.97 Å². The van der Waals surface area contributed by atoms with Crippen molar-refractivity contribution in [2.75, 3.05) is 5.32 Å². The minimum atomic E-state index is -1.00. The molecule has 1 fully saturated rings. The summed E-state index contributed by atoms with van der Waals surface area (Å²) in [5.74, 6) is -1.26. The van der Waals surface area contributed by atoms with Crippen molar-refractivity contribution < 1.29 is 14.7 Å². The number of rotatable bonds is 2. The Bertz CT molecular complexity index is 464. The van der Waals surface area contributed by atoms with Crippen LogP contribution >= 0.6 is 11.3 Å². The van der Waals surface area contributed by atoms with Crippen molar-refractivity contribution in [2.45, 2.75) is 59.3 Å². The Hall–Kier alpha value is -1.36. The quantitative estimate of drug-likeness (QED) is 0.852. The van der Waals surface area contributed by atoms with E-state index in [1.807, 2.05) is 6.92 Å². The van der Waals surface area contributed by atoms with Crippen molar-refractivity contribution in [1.29, 1.82) is 0 Å². The molecule has 1 aliphatic carbocycles. The fraction of sp³-hybridized carbons (Fsp3) is 0.600. The number of aromatic carboxylic acids is 1. The lowest BCUT2D eigenvalue weighted by Gasteiger charge is -2.05. The van der Waals surface area contributed by atoms with Crippen LogP contribution in [0.4, 0.5) is 5.00 Å². The van der Waals surface area contributed by atoms with E-state index >= 15 is 0 Å². The van der Waals surface area contributed by atoms with E-state index in [4.69, 9.17) is 5.11 Å². The Labute approximate surface area is 124 Å². The molecule has 0 radical (unpaired) electrons. The zero-order chi connectivity index (χ0) is 15.1. The summed E-state index contributed by atoms with van der Waals surface area (Å²) < 4.78 is 0. The van der Waals surface area contributed by atoms with Crippen molar-refractivity contribution >= 4 is 28.2 Å². The number of carboxylic acid groups (broad SMARTS) is 1. The third kappa shape index (κ3) is 4.96. The van der Waals surface area contributed by atoms with E-state index in [-0.39, 0.29) is 11.5 Å². The van der Waals surface area contributed by atoms with Gasteiger partial charge in [0.05, 0.1) is 5.56 Å². The van der Waals surface area contributed by atoms with Gasteiger partial charge in [-0.1, -0.05) is 38.5 Å². The van der Waals surface area contributed by atoms with Crippen LogP contribution in [0.1, 0.15) is 66.2 Å². The summed E-state index contributed by atoms with van der Waals surface area (Å²) in [6, 6.07) is 0. The SMILES string of the molecule is C1CCCCC1.CC(=O)Nc1sc(C)c(C)c1C(=O)O. The first kappa shape index (κ1) is 16.7. The summed E-state index contributed by atoms with van der Waals surface area (Å²) in [4.78, 5) is 22.6. The Morgan fingerprint density at radius 1 is 1.05 bits per heavy atom. The number of anilines is 1. The molecule has 2 rings (SSSR count). The number of amides is 1. The molecule has 1 saturated carbocycles. The Morgan fingerprint density at radius 3 is 1.85 bits per heavy atom. The molecule has 1 aliphatic rings. The second kappa shape index (κ2) is 8.04. The van der Waals surface area contributed by atoms with Gasteiger partial charge in [-0.05, 0) is 19.4 Å². The predicted octanol–water partition coefficient (Wildman–Crippen LogP) is 4.36. The third-order valence-electron chi connectivity index (χ3n) is 3.39. The molecule has 112 valence electrons. The maximum absolute atomic E-state index is 10.9. The maximum atomic E-state index is 10.9. The van der Waals surface area contributed by atoms with Gasteiger partial charge in [0.15, 0.2) is 0 Å². The van der Waals surface area contributed by atoms with Crippen molar-refractivity contribution in [3.63, 3.8) is 0 Å². The van der Waals surface area contributed by atoms with Gasteiger partial charge in [-0.25, -0.2) is 4.79 Å². The molecule has 2 N–H and O–H groups in total. The fourth-order valence-electron chi connectivity index (χ4n) is 2.19. The van der Waals surface area contributed by atoms with E-state index in [0.717, 1.165) is 4.88 Å². The van der Waals surface area contributed by atoms with Crippen LogP contribution in [-0.4, -0.2) is 17.0 Å². The lowest BCUT2D eigenvalue weighted by Crippen LogP contribution is -2.08. The normalized spacial score (nSPS) is 14.2. The highest BCUT2D eigenvalue weighted by Gasteiger charge is 2.19. The van der Waals surface area contributed by atoms with Gasteiger partial charge in [-0.2, -0.15) is 0 Å². The highest BCUT2D eigenvalue weighted by atomic mass is 32.1. The topological polar surface area (TPSA) is 66.4 Å². The number of hydrogen-bond acceptors (Lipinski definition) is 3. The van der Waals surface area contributed by atoms with Gasteiger partial charge >= 0.3 is 5.97 Å². The van der Waals surface area contributed by atoms with Gasteiger partial charge in [0.2, 0.25) is 5.91 Å². The van der Waals surface area contributed by atoms with Crippen LogP contribution in [0.5, 0.6) is 0 Å². The van der Waals surface area contributed by atoms with Gasteiger partial charge < -0.3 is 10.4 Å². The largest absolute Gasteiger partial charge is 0.478 e. The lowest BCUT2D eigenvalue weighted by atomic mass is 10.0. The molecule has 0 aromatic carbocycles. The molecular weight excluding hydrogens is 274 g/mol. The zero-order valence-electron chi connectivity index (χ0n) is 12.4. The average Bonchev–Trinajstić information content (AvgIpc) is 2.66. The summed E-state index contributed by atoms with van der Waals surface area (Å²) in [6.45, 7) is 4.92. The Kier molecular flexibility index (Phi) is 6.71. The molecule has 1 amide bonds. The van der Waals surface area contributed by atoms with Crippen molar-refractivity contribution in [3.05, 3.63) is 16.0 Å². The van der Waals surface area contributed by atoms with E-state index in [2.05, 4.69) is 5.32 Å². The van der Waals surface area contributed by atoms with Gasteiger partial charge in [0.25, 0.3) is 0 Å². The smallest absolute Gasteiger partial charge is 0.338 e. The molecule has 0 atom stereocenters. The first-order valence-corrected chi connectivity index (χ1v) is 7.86. The first-order valence-electron chi connectivity index (χ1n) is 7.04. The molecule has 1 aromatic rings. The summed E-state index contributed by atoms with van der Waals surface area (Å²) in [6.07, 6.45) is 9.00. The first-order chi connectivity index (χ1) is 9.43. The number of nitrogens with one attached hydrogen (secondary N) is 1. The van der Waals surface area contributed by atoms with Crippen LogP contribution in [0.15, 0.2) is 0 Å². The summed E-state index contributed by atoms with van der Waals surface area (Å²) in [5, 5.41) is 11.9. The van der Waals surface area contributed by atoms with E-state index in [0.29, 0.717) is 10.6 Å². The van der Waals surface area contributed by atoms with Gasteiger partial charge in [-0.15, -0.1) is 11.3 Å². The molecule has 0 aliphatic heterocycles. The minimum Gasteiger partial charge on any atom is -0.478 e. The zero-order valence-corrected chi connectivity index (χ0v) is 13.2. The average molecular weight is 297 g/mol. The number of carboxylic acids is 1. The van der Waals surface area contributed by atoms with Crippen LogP contribution in [0.3, 0.4) is 0 Å². The van der Waals surface area contributed by atoms with Crippen LogP contribution in [-0.2, 0) is 4.79 Å². The summed E-state index contributed by atoms with van der Waals surface area (Å²) in [7, 11) is 0. The highest BCUT2D eigenvalue weighted by molar-refractivity contribution is 7.16. The standard InChI is InChI=1S/C9H11NO3S.C6H12/c1-4-5(2)14-8(10-6(3)11)7(4)9(12)13;1-2-4-6-5-3-1/h1-3H3,(H,10,11)(H,12,13);1-6H2. The van der Waals surface area contributed by atoms with Crippen molar-refractivity contribution in [1.82, 2.24) is 0 Å². The molecule has 1 heterocycles. The van der Waals surface area contributed by atoms with E-state index in [1.54, 1.807) is 6.92 Å². The van der Waals surface area contributed by atoms with Crippen LogP contribution in [0.2, 0.25) is 0 Å². The van der Waals surface area contributed by atoms with Gasteiger partial charge in [0.1, 0.15) is 5.00 Å². The number of thiophene rings is 1. The van der Waals surface area contributed by atoms with Crippen molar-refractivity contribution in [2.24, 2.45) is 0 Å². The van der Waals surface area contributed by atoms with Crippen LogP contribution in [0.25, 0.3) is 0 Å². The van der Waals surface area contributed by atoms with Gasteiger partial charge in [0, 0.05) is 11.8 Å². The number of aryl methyl sites for hydroxylation is 1. The maximum Gasteiger partial charge on any atom is 0.338 e. The number of hydrogen-bond donors (Lipinski definition) is 2. The second-order valence-corrected chi connectivity index (χ2v) is 6.32. The summed E-state index contributed by atoms with van der Waals surface area (Å²) >= 11 is 1.28. The fourth-order valence-corrected chi connectivity index (χ4v) is 3.29. The monoisotopic (exact) mass is 297 g/mol. The molecule has 0 spiro atoms. The predicted molar refractivity (Wildman–Crippen MR) is 82.8 cm³/mol. The summed E-state index contributed by atoms with van der Waals surface area (Å²) in [5.41, 5.74) is 0.911. The molecule has 20 heavy (non-hydrogen) atoms. The van der Waals surface area contributed by atoms with Crippen molar-refractivity contribution in [3.8, 4) is 0 Å². The van der Waals surface area contributed by atoms with E-state index in [9.17, 15) is 9.59 Å². The molecule has 1 aromatic heterocycles.